The fourth-order valence-electron chi connectivity index (χ4n) is 3.83. The first-order valence-corrected chi connectivity index (χ1v) is 9.79. The minimum atomic E-state index is -0.243. The second-order valence-electron chi connectivity index (χ2n) is 7.40. The summed E-state index contributed by atoms with van der Waals surface area (Å²) in [7, 11) is 0. The number of amides is 3. The van der Waals surface area contributed by atoms with Crippen molar-refractivity contribution in [1.82, 2.24) is 4.90 Å². The molecule has 6 nitrogen and oxygen atoms in total. The lowest BCUT2D eigenvalue weighted by atomic mass is 9.98. The SMILES string of the molecule is C=CC(=O)N1CC(C(=O)Nc2cccc(C(=O)N3CCCc4ccccc43)c2)C1. The third-order valence-electron chi connectivity index (χ3n) is 5.47. The first-order chi connectivity index (χ1) is 14.1. The van der Waals surface area contributed by atoms with Crippen LogP contribution in [0.15, 0.2) is 61.2 Å². The molecule has 29 heavy (non-hydrogen) atoms. The largest absolute Gasteiger partial charge is 0.337 e. The molecule has 1 fully saturated rings. The molecule has 2 aromatic carbocycles. The molecule has 1 N–H and O–H groups in total. The monoisotopic (exact) mass is 389 g/mol. The van der Waals surface area contributed by atoms with E-state index in [1.54, 1.807) is 29.2 Å². The third-order valence-corrected chi connectivity index (χ3v) is 5.47. The first-order valence-electron chi connectivity index (χ1n) is 9.79. The van der Waals surface area contributed by atoms with Crippen LogP contribution in [0, 0.1) is 5.92 Å². The van der Waals surface area contributed by atoms with Crippen LogP contribution < -0.4 is 10.2 Å². The van der Waals surface area contributed by atoms with Crippen LogP contribution in [0.25, 0.3) is 0 Å². The Balaban J connectivity index is 1.44. The molecule has 2 aromatic rings. The van der Waals surface area contributed by atoms with Gasteiger partial charge in [0.1, 0.15) is 0 Å². The molecule has 0 bridgehead atoms. The van der Waals surface area contributed by atoms with Gasteiger partial charge in [0.05, 0.1) is 5.92 Å². The maximum atomic E-state index is 13.1. The molecular weight excluding hydrogens is 366 g/mol. The van der Waals surface area contributed by atoms with Crippen molar-refractivity contribution in [3.63, 3.8) is 0 Å². The minimum absolute atomic E-state index is 0.0698. The van der Waals surface area contributed by atoms with Crippen molar-refractivity contribution >= 4 is 29.1 Å². The van der Waals surface area contributed by atoms with Crippen LogP contribution in [-0.4, -0.2) is 42.3 Å². The molecule has 0 radical (unpaired) electrons. The minimum Gasteiger partial charge on any atom is -0.337 e. The Bertz CT molecular complexity index is 979. The average Bonchev–Trinajstić information content (AvgIpc) is 2.71. The van der Waals surface area contributed by atoms with Gasteiger partial charge in [-0.1, -0.05) is 30.8 Å². The Morgan fingerprint density at radius 3 is 2.66 bits per heavy atom. The first kappa shape index (κ1) is 18.9. The van der Waals surface area contributed by atoms with Gasteiger partial charge in [0.15, 0.2) is 0 Å². The number of nitrogens with zero attached hydrogens (tertiary/aromatic N) is 2. The van der Waals surface area contributed by atoms with Crippen LogP contribution in [0.4, 0.5) is 11.4 Å². The van der Waals surface area contributed by atoms with Gasteiger partial charge >= 0.3 is 0 Å². The van der Waals surface area contributed by atoms with Crippen molar-refractivity contribution in [3.05, 3.63) is 72.3 Å². The van der Waals surface area contributed by atoms with Gasteiger partial charge in [0, 0.05) is 36.6 Å². The van der Waals surface area contributed by atoms with E-state index in [0.717, 1.165) is 18.5 Å². The van der Waals surface area contributed by atoms with Gasteiger partial charge in [-0.15, -0.1) is 0 Å². The summed E-state index contributed by atoms with van der Waals surface area (Å²) in [5, 5.41) is 2.87. The number of carbonyl (C=O) groups excluding carboxylic acids is 3. The van der Waals surface area contributed by atoms with E-state index in [2.05, 4.69) is 18.0 Å². The van der Waals surface area contributed by atoms with Gasteiger partial charge in [0.2, 0.25) is 11.8 Å². The second kappa shape index (κ2) is 7.91. The van der Waals surface area contributed by atoms with Crippen molar-refractivity contribution in [1.29, 1.82) is 0 Å². The van der Waals surface area contributed by atoms with Gasteiger partial charge in [0.25, 0.3) is 5.91 Å². The van der Waals surface area contributed by atoms with Gasteiger partial charge in [-0.2, -0.15) is 0 Å². The smallest absolute Gasteiger partial charge is 0.258 e. The van der Waals surface area contributed by atoms with Crippen molar-refractivity contribution < 1.29 is 14.4 Å². The fraction of sp³-hybridized carbons (Fsp3) is 0.261. The summed E-state index contributed by atoms with van der Waals surface area (Å²) >= 11 is 0. The highest BCUT2D eigenvalue weighted by atomic mass is 16.2. The molecule has 3 amide bonds. The third kappa shape index (κ3) is 3.78. The maximum absolute atomic E-state index is 13.1. The zero-order valence-electron chi connectivity index (χ0n) is 16.1. The molecule has 6 heteroatoms. The Morgan fingerprint density at radius 1 is 1.07 bits per heavy atom. The molecule has 2 aliphatic rings. The Morgan fingerprint density at radius 2 is 1.86 bits per heavy atom. The molecule has 0 atom stereocenters. The molecule has 0 spiro atoms. The molecule has 2 aliphatic heterocycles. The van der Waals surface area contributed by atoms with Crippen LogP contribution in [0.2, 0.25) is 0 Å². The molecule has 0 saturated carbocycles. The van der Waals surface area contributed by atoms with Gasteiger partial charge in [-0.25, -0.2) is 0 Å². The molecule has 4 rings (SSSR count). The lowest BCUT2D eigenvalue weighted by molar-refractivity contribution is -0.137. The number of aryl methyl sites for hydroxylation is 1. The highest BCUT2D eigenvalue weighted by Crippen LogP contribution is 2.28. The number of anilines is 2. The van der Waals surface area contributed by atoms with E-state index in [0.29, 0.717) is 30.9 Å². The highest BCUT2D eigenvalue weighted by molar-refractivity contribution is 6.07. The standard InChI is InChI=1S/C23H23N3O3/c1-2-21(27)25-14-18(15-25)22(28)24-19-10-5-8-17(13-19)23(29)26-12-6-9-16-7-3-4-11-20(16)26/h2-5,7-8,10-11,13,18H,1,6,9,12,14-15H2,(H,24,28). The molecular formula is C23H23N3O3. The van der Waals surface area contributed by atoms with Crippen LogP contribution in [0.1, 0.15) is 22.3 Å². The van der Waals surface area contributed by atoms with E-state index >= 15 is 0 Å². The van der Waals surface area contributed by atoms with E-state index in [1.807, 2.05) is 23.1 Å². The van der Waals surface area contributed by atoms with Crippen LogP contribution in [-0.2, 0) is 16.0 Å². The zero-order valence-corrected chi connectivity index (χ0v) is 16.1. The summed E-state index contributed by atoms with van der Waals surface area (Å²) in [4.78, 5) is 40.4. The second-order valence-corrected chi connectivity index (χ2v) is 7.40. The van der Waals surface area contributed by atoms with Gasteiger partial charge < -0.3 is 15.1 Å². The number of hydrogen-bond donors (Lipinski definition) is 1. The number of benzene rings is 2. The molecule has 1 saturated heterocycles. The number of rotatable bonds is 4. The van der Waals surface area contributed by atoms with E-state index in [4.69, 9.17) is 0 Å². The summed E-state index contributed by atoms with van der Waals surface area (Å²) in [6.07, 6.45) is 3.16. The number of carbonyl (C=O) groups is 3. The summed E-state index contributed by atoms with van der Waals surface area (Å²) in [5.41, 5.74) is 3.26. The summed E-state index contributed by atoms with van der Waals surface area (Å²) in [5.74, 6) is -0.624. The fourth-order valence-corrected chi connectivity index (χ4v) is 3.83. The zero-order chi connectivity index (χ0) is 20.4. The van der Waals surface area contributed by atoms with Gasteiger partial charge in [-0.05, 0) is 48.7 Å². The predicted molar refractivity (Wildman–Crippen MR) is 112 cm³/mol. The van der Waals surface area contributed by atoms with Crippen molar-refractivity contribution in [2.45, 2.75) is 12.8 Å². The lowest BCUT2D eigenvalue weighted by Crippen LogP contribution is -2.53. The molecule has 0 aliphatic carbocycles. The van der Waals surface area contributed by atoms with Crippen LogP contribution in [0.3, 0.4) is 0 Å². The van der Waals surface area contributed by atoms with Crippen molar-refractivity contribution in [2.24, 2.45) is 5.92 Å². The number of hydrogen-bond acceptors (Lipinski definition) is 3. The topological polar surface area (TPSA) is 69.7 Å². The number of likely N-dealkylation sites (tertiary alicyclic amines) is 1. The Hall–Kier alpha value is -3.41. The lowest BCUT2D eigenvalue weighted by Gasteiger charge is -2.37. The summed E-state index contributed by atoms with van der Waals surface area (Å²) < 4.78 is 0. The van der Waals surface area contributed by atoms with Crippen molar-refractivity contribution in [3.8, 4) is 0 Å². The van der Waals surface area contributed by atoms with E-state index in [1.165, 1.54) is 11.6 Å². The number of fused-ring (bicyclic) bond motifs is 1. The Labute approximate surface area is 169 Å². The van der Waals surface area contributed by atoms with E-state index < -0.39 is 0 Å². The van der Waals surface area contributed by atoms with Gasteiger partial charge in [-0.3, -0.25) is 14.4 Å². The Kier molecular flexibility index (Phi) is 5.16. The number of nitrogens with one attached hydrogen (secondary N) is 1. The number of para-hydroxylation sites is 1. The van der Waals surface area contributed by atoms with Crippen LogP contribution >= 0.6 is 0 Å². The highest BCUT2D eigenvalue weighted by Gasteiger charge is 2.34. The summed E-state index contributed by atoms with van der Waals surface area (Å²) in [6.45, 7) is 4.91. The van der Waals surface area contributed by atoms with E-state index in [-0.39, 0.29) is 23.6 Å². The maximum Gasteiger partial charge on any atom is 0.258 e. The molecule has 148 valence electrons. The summed E-state index contributed by atoms with van der Waals surface area (Å²) in [6, 6.07) is 15.0. The molecule has 2 heterocycles. The van der Waals surface area contributed by atoms with Crippen LogP contribution in [0.5, 0.6) is 0 Å². The quantitative estimate of drug-likeness (QED) is 0.818. The predicted octanol–water partition coefficient (Wildman–Crippen LogP) is 2.86. The molecule has 0 unspecified atom stereocenters. The van der Waals surface area contributed by atoms with Crippen molar-refractivity contribution in [2.75, 3.05) is 29.9 Å². The average molecular weight is 389 g/mol. The molecule has 0 aromatic heterocycles. The van der Waals surface area contributed by atoms with E-state index in [9.17, 15) is 14.4 Å². The normalized spacial score (nSPS) is 15.9.